The number of benzene rings is 3. The first kappa shape index (κ1) is 28.4. The third-order valence-electron chi connectivity index (χ3n) is 6.94. The summed E-state index contributed by atoms with van der Waals surface area (Å²) in [6.45, 7) is 2.97. The van der Waals surface area contributed by atoms with Crippen molar-refractivity contribution in [1.82, 2.24) is 9.88 Å². The van der Waals surface area contributed by atoms with E-state index in [2.05, 4.69) is 4.98 Å². The lowest BCUT2D eigenvalue weighted by atomic mass is 9.94. The van der Waals surface area contributed by atoms with Crippen LogP contribution in [0.2, 0.25) is 0 Å². The number of amides is 1. The minimum Gasteiger partial charge on any atom is -0.507 e. The fourth-order valence-corrected chi connectivity index (χ4v) is 4.90. The molecular weight excluding hydrogens is 532 g/mol. The van der Waals surface area contributed by atoms with Gasteiger partial charge in [0.2, 0.25) is 0 Å². The maximum atomic E-state index is 13.5. The molecule has 5 rings (SSSR count). The summed E-state index contributed by atoms with van der Waals surface area (Å²) in [5, 5.41) is 11.5. The van der Waals surface area contributed by atoms with Crippen molar-refractivity contribution in [3.05, 3.63) is 125 Å². The van der Waals surface area contributed by atoms with Gasteiger partial charge in [-0.1, -0.05) is 61.5 Å². The molecule has 1 aromatic heterocycles. The molecule has 4 aromatic rings. The number of nitrogens with zero attached hydrogens (tertiary/aromatic N) is 2. The minimum absolute atomic E-state index is 0.0171. The van der Waals surface area contributed by atoms with Gasteiger partial charge in [0, 0.05) is 24.5 Å². The standard InChI is InChI=1S/C34H32N2O6/c1-3-17-41-27-13-7-12-26(18-27)32(37)30-31(36(34(39)33(30)38)21-24-11-8-16-35-20-24)25-14-15-28(29(19-25)40-2)42-22-23-9-5-4-6-10-23/h4-16,18-20,31,37H,3,17,21-22H2,1-2H3. The van der Waals surface area contributed by atoms with Crippen LogP contribution in [0, 0.1) is 0 Å². The molecule has 1 N–H and O–H groups in total. The molecule has 8 heteroatoms. The van der Waals surface area contributed by atoms with Gasteiger partial charge in [0.25, 0.3) is 11.7 Å². The van der Waals surface area contributed by atoms with E-state index in [0.717, 1.165) is 17.5 Å². The van der Waals surface area contributed by atoms with Crippen molar-refractivity contribution in [3.63, 3.8) is 0 Å². The predicted octanol–water partition coefficient (Wildman–Crippen LogP) is 6.08. The van der Waals surface area contributed by atoms with Gasteiger partial charge >= 0.3 is 0 Å². The largest absolute Gasteiger partial charge is 0.507 e. The maximum absolute atomic E-state index is 13.5. The number of aliphatic hydroxyl groups is 1. The number of aliphatic hydroxyl groups excluding tert-OH is 1. The second kappa shape index (κ2) is 13.0. The highest BCUT2D eigenvalue weighted by atomic mass is 16.5. The Labute approximate surface area is 244 Å². The smallest absolute Gasteiger partial charge is 0.295 e. The Morgan fingerprint density at radius 3 is 2.45 bits per heavy atom. The van der Waals surface area contributed by atoms with Crippen LogP contribution in [0.5, 0.6) is 17.2 Å². The molecule has 1 saturated heterocycles. The zero-order valence-corrected chi connectivity index (χ0v) is 23.5. The Hall–Kier alpha value is -5.11. The molecule has 0 radical (unpaired) electrons. The normalized spacial score (nSPS) is 16.0. The third-order valence-corrected chi connectivity index (χ3v) is 6.94. The number of carbonyl (C=O) groups excluding carboxylic acids is 2. The number of hydrogen-bond acceptors (Lipinski definition) is 7. The van der Waals surface area contributed by atoms with Gasteiger partial charge in [-0.2, -0.15) is 0 Å². The zero-order valence-electron chi connectivity index (χ0n) is 23.5. The summed E-state index contributed by atoms with van der Waals surface area (Å²) in [6, 6.07) is 24.6. The van der Waals surface area contributed by atoms with Crippen molar-refractivity contribution in [1.29, 1.82) is 0 Å². The van der Waals surface area contributed by atoms with Gasteiger partial charge in [0.1, 0.15) is 18.1 Å². The first-order valence-corrected chi connectivity index (χ1v) is 13.7. The molecule has 1 aliphatic rings. The monoisotopic (exact) mass is 564 g/mol. The molecule has 0 saturated carbocycles. The van der Waals surface area contributed by atoms with Crippen molar-refractivity contribution in [2.45, 2.75) is 32.5 Å². The molecule has 1 atom stereocenters. The molecule has 3 aromatic carbocycles. The number of ketones is 1. The van der Waals surface area contributed by atoms with Gasteiger partial charge < -0.3 is 24.2 Å². The average molecular weight is 565 g/mol. The molecule has 2 heterocycles. The molecule has 1 unspecified atom stereocenters. The number of hydrogen-bond donors (Lipinski definition) is 1. The lowest BCUT2D eigenvalue weighted by Crippen LogP contribution is -2.29. The lowest BCUT2D eigenvalue weighted by molar-refractivity contribution is -0.140. The van der Waals surface area contributed by atoms with Crippen molar-refractivity contribution in [2.75, 3.05) is 13.7 Å². The number of Topliss-reactive ketones (excluding diaryl/α,β-unsaturated/α-hetero) is 1. The number of carbonyl (C=O) groups is 2. The van der Waals surface area contributed by atoms with Crippen LogP contribution < -0.4 is 14.2 Å². The van der Waals surface area contributed by atoms with Crippen LogP contribution in [0.4, 0.5) is 0 Å². The van der Waals surface area contributed by atoms with Crippen LogP contribution in [0.15, 0.2) is 103 Å². The van der Waals surface area contributed by atoms with Crippen molar-refractivity contribution < 1.29 is 28.9 Å². The Kier molecular flexibility index (Phi) is 8.82. The topological polar surface area (TPSA) is 98.2 Å². The average Bonchev–Trinajstić information content (AvgIpc) is 3.28. The quantitative estimate of drug-likeness (QED) is 0.134. The Morgan fingerprint density at radius 2 is 1.71 bits per heavy atom. The fourth-order valence-electron chi connectivity index (χ4n) is 4.90. The summed E-state index contributed by atoms with van der Waals surface area (Å²) < 4.78 is 17.4. The first-order chi connectivity index (χ1) is 20.5. The van der Waals surface area contributed by atoms with E-state index in [9.17, 15) is 14.7 Å². The molecule has 1 fully saturated rings. The number of pyridine rings is 1. The zero-order chi connectivity index (χ0) is 29.5. The van der Waals surface area contributed by atoms with Gasteiger partial charge in [-0.15, -0.1) is 0 Å². The number of aromatic nitrogens is 1. The Morgan fingerprint density at radius 1 is 0.905 bits per heavy atom. The molecule has 8 nitrogen and oxygen atoms in total. The molecule has 214 valence electrons. The molecular formula is C34H32N2O6. The summed E-state index contributed by atoms with van der Waals surface area (Å²) in [6.07, 6.45) is 4.11. The van der Waals surface area contributed by atoms with Crippen LogP contribution in [-0.2, 0) is 22.7 Å². The van der Waals surface area contributed by atoms with Gasteiger partial charge in [0.05, 0.1) is 25.3 Å². The van der Waals surface area contributed by atoms with E-state index in [1.54, 1.807) is 60.9 Å². The Balaban J connectivity index is 1.56. The van der Waals surface area contributed by atoms with Crippen molar-refractivity contribution >= 4 is 17.4 Å². The molecule has 0 aliphatic carbocycles. The first-order valence-electron chi connectivity index (χ1n) is 13.7. The van der Waals surface area contributed by atoms with E-state index >= 15 is 0 Å². The van der Waals surface area contributed by atoms with E-state index in [1.165, 1.54) is 12.0 Å². The van der Waals surface area contributed by atoms with Gasteiger partial charge in [-0.25, -0.2) is 0 Å². The van der Waals surface area contributed by atoms with E-state index in [4.69, 9.17) is 14.2 Å². The number of rotatable bonds is 11. The second-order valence-corrected chi connectivity index (χ2v) is 9.85. The van der Waals surface area contributed by atoms with Gasteiger partial charge in [0.15, 0.2) is 11.5 Å². The van der Waals surface area contributed by atoms with E-state index < -0.39 is 17.7 Å². The van der Waals surface area contributed by atoms with E-state index in [0.29, 0.717) is 41.6 Å². The lowest BCUT2D eigenvalue weighted by Gasteiger charge is -2.26. The highest BCUT2D eigenvalue weighted by Crippen LogP contribution is 2.43. The van der Waals surface area contributed by atoms with Crippen LogP contribution in [0.3, 0.4) is 0 Å². The van der Waals surface area contributed by atoms with Crippen LogP contribution in [-0.4, -0.2) is 40.4 Å². The molecule has 0 bridgehead atoms. The predicted molar refractivity (Wildman–Crippen MR) is 158 cm³/mol. The van der Waals surface area contributed by atoms with Crippen molar-refractivity contribution in [2.24, 2.45) is 0 Å². The van der Waals surface area contributed by atoms with Gasteiger partial charge in [-0.3, -0.25) is 14.6 Å². The third kappa shape index (κ3) is 6.12. The van der Waals surface area contributed by atoms with Crippen LogP contribution in [0.25, 0.3) is 5.76 Å². The Bertz CT molecular complexity index is 1590. The van der Waals surface area contributed by atoms with Crippen LogP contribution >= 0.6 is 0 Å². The fraction of sp³-hybridized carbons (Fsp3) is 0.206. The highest BCUT2D eigenvalue weighted by Gasteiger charge is 2.46. The SMILES string of the molecule is CCCOc1cccc(C(O)=C2C(=O)C(=O)N(Cc3cccnc3)C2c2ccc(OCc3ccccc3)c(OC)c2)c1. The molecule has 42 heavy (non-hydrogen) atoms. The maximum Gasteiger partial charge on any atom is 0.295 e. The van der Waals surface area contributed by atoms with Crippen molar-refractivity contribution in [3.8, 4) is 17.2 Å². The van der Waals surface area contributed by atoms with E-state index in [1.807, 2.05) is 43.3 Å². The summed E-state index contributed by atoms with van der Waals surface area (Å²) >= 11 is 0. The second-order valence-electron chi connectivity index (χ2n) is 9.85. The van der Waals surface area contributed by atoms with E-state index in [-0.39, 0.29) is 17.9 Å². The number of ether oxygens (including phenoxy) is 3. The van der Waals surface area contributed by atoms with Gasteiger partial charge in [-0.05, 0) is 53.4 Å². The molecule has 1 amide bonds. The summed E-state index contributed by atoms with van der Waals surface area (Å²) in [4.78, 5) is 32.6. The number of likely N-dealkylation sites (tertiary alicyclic amines) is 1. The van der Waals surface area contributed by atoms with Crippen LogP contribution in [0.1, 0.15) is 41.6 Å². The minimum atomic E-state index is -0.887. The molecule has 0 spiro atoms. The highest BCUT2D eigenvalue weighted by molar-refractivity contribution is 6.46. The molecule has 1 aliphatic heterocycles. The number of methoxy groups -OCH3 is 1. The summed E-state index contributed by atoms with van der Waals surface area (Å²) in [7, 11) is 1.53. The summed E-state index contributed by atoms with van der Waals surface area (Å²) in [5.41, 5.74) is 2.69. The summed E-state index contributed by atoms with van der Waals surface area (Å²) in [5.74, 6) is -0.266.